The molecule has 1 aliphatic heterocycles. The zero-order chi connectivity index (χ0) is 17.1. The largest absolute Gasteiger partial charge is 0.756 e. The van der Waals surface area contributed by atoms with E-state index < -0.39 is 30.6 Å². The number of imide groups is 1. The second-order valence-corrected chi connectivity index (χ2v) is 4.82. The number of nitrogens with zero attached hydrogens (tertiary/aromatic N) is 3. The number of benzene rings is 1. The van der Waals surface area contributed by atoms with Gasteiger partial charge >= 0.3 is 5.97 Å². The van der Waals surface area contributed by atoms with Crippen LogP contribution in [0, 0.1) is 5.21 Å². The lowest BCUT2D eigenvalue weighted by Gasteiger charge is -2.36. The maximum atomic E-state index is 12.2. The molecule has 0 saturated carbocycles. The van der Waals surface area contributed by atoms with Crippen molar-refractivity contribution in [3.8, 4) is 0 Å². The number of carbonyl (C=O) groups is 3. The smallest absolute Gasteiger partial charge is 0.319 e. The summed E-state index contributed by atoms with van der Waals surface area (Å²) in [5.41, 5.74) is 2.44. The minimum absolute atomic E-state index is 0.0444. The Hall–Kier alpha value is -2.37. The average molecular weight is 323 g/mol. The van der Waals surface area contributed by atoms with E-state index in [-0.39, 0.29) is 16.4 Å². The number of carboxylic acid groups (broad SMARTS) is 1. The lowest BCUT2D eigenvalue weighted by molar-refractivity contribution is -0.194. The zero-order valence-electron chi connectivity index (χ0n) is 12.4. The lowest BCUT2D eigenvalue weighted by Crippen LogP contribution is -2.51. The highest BCUT2D eigenvalue weighted by Gasteiger charge is 2.38. The fourth-order valence-electron chi connectivity index (χ4n) is 2.04. The van der Waals surface area contributed by atoms with Crippen molar-refractivity contribution in [3.05, 3.63) is 40.6 Å². The molecule has 1 aliphatic rings. The number of aliphatic carboxylic acids is 1. The van der Waals surface area contributed by atoms with Crippen molar-refractivity contribution < 1.29 is 24.3 Å². The van der Waals surface area contributed by atoms with Crippen LogP contribution in [-0.2, 0) is 9.63 Å². The maximum Gasteiger partial charge on any atom is 0.319 e. The first-order valence-corrected chi connectivity index (χ1v) is 6.61. The number of hydrazine groups is 2. The van der Waals surface area contributed by atoms with Crippen LogP contribution in [0.5, 0.6) is 0 Å². The van der Waals surface area contributed by atoms with Crippen LogP contribution in [0.15, 0.2) is 24.3 Å². The summed E-state index contributed by atoms with van der Waals surface area (Å²) < 4.78 is 0. The standard InChI is InChI=1S/C13H15N4O6/c1-8(23-14-17(22)15(2)7-11(18)19)16-12(20)9-5-3-4-6-10(9)13(16)21/h3-6,8,14H,7H2,1-2H3,(H,18,19)/q-1. The third-order valence-corrected chi connectivity index (χ3v) is 3.16. The Kier molecular flexibility index (Phi) is 5.03. The number of likely N-dealkylation sites (N-methyl/N-ethyl adjacent to an activating group) is 1. The first-order valence-electron chi connectivity index (χ1n) is 6.61. The summed E-state index contributed by atoms with van der Waals surface area (Å²) in [5, 5.41) is 20.9. The molecular formula is C13H15N4O6-. The molecule has 23 heavy (non-hydrogen) atoms. The highest BCUT2D eigenvalue weighted by molar-refractivity contribution is 6.21. The molecule has 2 N–H and O–H groups in total. The van der Waals surface area contributed by atoms with Crippen LogP contribution in [0.4, 0.5) is 0 Å². The Morgan fingerprint density at radius 2 is 1.87 bits per heavy atom. The molecule has 2 amide bonds. The molecule has 0 fully saturated rings. The predicted octanol–water partition coefficient (Wildman–Crippen LogP) is -0.204. The fraction of sp³-hybridized carbons (Fsp3) is 0.308. The number of nitrogens with one attached hydrogen (secondary N) is 1. The van der Waals surface area contributed by atoms with Crippen molar-refractivity contribution in [1.29, 1.82) is 0 Å². The Balaban J connectivity index is 1.97. The molecule has 10 heteroatoms. The Morgan fingerprint density at radius 1 is 1.35 bits per heavy atom. The van der Waals surface area contributed by atoms with Crippen LogP contribution in [0.1, 0.15) is 27.6 Å². The molecule has 124 valence electrons. The minimum atomic E-state index is -1.21. The summed E-state index contributed by atoms with van der Waals surface area (Å²) in [6.07, 6.45) is -1.07. The Bertz CT molecular complexity index is 602. The van der Waals surface area contributed by atoms with Crippen LogP contribution in [-0.4, -0.2) is 57.9 Å². The van der Waals surface area contributed by atoms with E-state index in [1.165, 1.54) is 26.1 Å². The van der Waals surface area contributed by atoms with Crippen LogP contribution < -0.4 is 5.59 Å². The third-order valence-electron chi connectivity index (χ3n) is 3.16. The van der Waals surface area contributed by atoms with Gasteiger partial charge in [0.25, 0.3) is 11.8 Å². The molecular weight excluding hydrogens is 308 g/mol. The van der Waals surface area contributed by atoms with E-state index in [1.54, 1.807) is 12.1 Å². The normalized spacial score (nSPS) is 15.4. The lowest BCUT2D eigenvalue weighted by atomic mass is 10.1. The van der Waals surface area contributed by atoms with Crippen molar-refractivity contribution in [3.63, 3.8) is 0 Å². The number of hydrogen-bond acceptors (Lipinski definition) is 8. The monoisotopic (exact) mass is 323 g/mol. The van der Waals surface area contributed by atoms with Crippen molar-refractivity contribution in [2.75, 3.05) is 13.6 Å². The van der Waals surface area contributed by atoms with E-state index in [0.29, 0.717) is 0 Å². The molecule has 10 nitrogen and oxygen atoms in total. The number of rotatable bonds is 7. The van der Waals surface area contributed by atoms with Gasteiger partial charge in [0.05, 0.1) is 11.1 Å². The molecule has 1 atom stereocenters. The Morgan fingerprint density at radius 3 is 2.35 bits per heavy atom. The van der Waals surface area contributed by atoms with Gasteiger partial charge in [-0.25, -0.2) is 15.2 Å². The average Bonchev–Trinajstić information content (AvgIpc) is 2.76. The molecule has 1 aromatic carbocycles. The van der Waals surface area contributed by atoms with Crippen molar-refractivity contribution >= 4 is 17.8 Å². The van der Waals surface area contributed by atoms with Crippen molar-refractivity contribution in [1.82, 2.24) is 20.8 Å². The van der Waals surface area contributed by atoms with Crippen LogP contribution in [0.2, 0.25) is 0 Å². The van der Waals surface area contributed by atoms with Crippen LogP contribution >= 0.6 is 0 Å². The van der Waals surface area contributed by atoms with Gasteiger partial charge in [-0.15, -0.1) is 5.59 Å². The van der Waals surface area contributed by atoms with Crippen molar-refractivity contribution in [2.45, 2.75) is 13.2 Å². The number of fused-ring (bicyclic) bond motifs is 1. The molecule has 0 spiro atoms. The number of carboxylic acids is 1. The number of carbonyl (C=O) groups excluding carboxylic acids is 2. The molecule has 0 radical (unpaired) electrons. The second kappa shape index (κ2) is 6.81. The molecule has 1 aromatic rings. The van der Waals surface area contributed by atoms with E-state index >= 15 is 0 Å². The van der Waals surface area contributed by atoms with Crippen LogP contribution in [0.3, 0.4) is 0 Å². The summed E-state index contributed by atoms with van der Waals surface area (Å²) in [5.74, 6) is -2.27. The fourth-order valence-corrected chi connectivity index (χ4v) is 2.04. The summed E-state index contributed by atoms with van der Waals surface area (Å²) in [7, 11) is 1.23. The van der Waals surface area contributed by atoms with E-state index in [4.69, 9.17) is 9.94 Å². The van der Waals surface area contributed by atoms with Gasteiger partial charge in [0.2, 0.25) is 0 Å². The molecule has 2 rings (SSSR count). The van der Waals surface area contributed by atoms with E-state index in [0.717, 1.165) is 9.91 Å². The van der Waals surface area contributed by atoms with E-state index in [9.17, 15) is 19.6 Å². The van der Waals surface area contributed by atoms with Gasteiger partial charge in [-0.05, 0) is 19.1 Å². The van der Waals surface area contributed by atoms with Crippen LogP contribution in [0.25, 0.3) is 0 Å². The number of amides is 2. The van der Waals surface area contributed by atoms with Gasteiger partial charge < -0.3 is 10.3 Å². The second-order valence-electron chi connectivity index (χ2n) is 4.82. The van der Waals surface area contributed by atoms with Gasteiger partial charge in [-0.1, -0.05) is 12.1 Å². The Labute approximate surface area is 131 Å². The van der Waals surface area contributed by atoms with E-state index in [2.05, 4.69) is 0 Å². The quantitative estimate of drug-likeness (QED) is 0.518. The topological polar surface area (TPSA) is 125 Å². The summed E-state index contributed by atoms with van der Waals surface area (Å²) in [6.45, 7) is 0.848. The molecule has 0 bridgehead atoms. The van der Waals surface area contributed by atoms with Gasteiger partial charge in [0.15, 0.2) is 6.23 Å². The molecule has 0 aliphatic carbocycles. The van der Waals surface area contributed by atoms with Crippen molar-refractivity contribution in [2.24, 2.45) is 0 Å². The molecule has 1 unspecified atom stereocenters. The van der Waals surface area contributed by atoms with Gasteiger partial charge in [0.1, 0.15) is 6.54 Å². The summed E-state index contributed by atoms with van der Waals surface area (Å²) in [6, 6.07) is 6.32. The molecule has 0 saturated heterocycles. The van der Waals surface area contributed by atoms with Gasteiger partial charge in [-0.2, -0.15) is 0 Å². The summed E-state index contributed by atoms with van der Waals surface area (Å²) >= 11 is 0. The van der Waals surface area contributed by atoms with Gasteiger partial charge in [0, 0.05) is 7.05 Å². The summed E-state index contributed by atoms with van der Waals surface area (Å²) in [4.78, 5) is 40.7. The third kappa shape index (κ3) is 3.52. The molecule has 1 heterocycles. The predicted molar refractivity (Wildman–Crippen MR) is 76.1 cm³/mol. The SMILES string of the molecule is CC(ONN([O-])N(C)CC(=O)O)N1C(=O)c2ccccc2C1=O. The highest BCUT2D eigenvalue weighted by atomic mass is 16.8. The minimum Gasteiger partial charge on any atom is -0.756 e. The molecule has 0 aromatic heterocycles. The van der Waals surface area contributed by atoms with E-state index in [1.807, 2.05) is 5.59 Å². The first-order chi connectivity index (χ1) is 10.8. The highest BCUT2D eigenvalue weighted by Crippen LogP contribution is 2.24. The first kappa shape index (κ1) is 17.0. The van der Waals surface area contributed by atoms with Gasteiger partial charge in [-0.3, -0.25) is 19.2 Å². The number of hydrogen-bond donors (Lipinski definition) is 2. The maximum absolute atomic E-state index is 12.2. The zero-order valence-corrected chi connectivity index (χ0v) is 12.4.